The molecule has 0 saturated carbocycles. The fourth-order valence-electron chi connectivity index (χ4n) is 11.7. The Morgan fingerprint density at radius 1 is 0.364 bits per heavy atom. The number of aromatic nitrogens is 1. The third-order valence-electron chi connectivity index (χ3n) is 15.0. The summed E-state index contributed by atoms with van der Waals surface area (Å²) < 4.78 is 2.47. The molecule has 0 saturated heterocycles. The molecule has 0 N–H and O–H groups in total. The molecular formula is C64H48N2. The van der Waals surface area contributed by atoms with Crippen LogP contribution in [0.2, 0.25) is 0 Å². The van der Waals surface area contributed by atoms with Crippen molar-refractivity contribution in [3.8, 4) is 50.2 Å². The van der Waals surface area contributed by atoms with E-state index in [1.54, 1.807) is 0 Å². The van der Waals surface area contributed by atoms with Gasteiger partial charge in [-0.15, -0.1) is 0 Å². The molecule has 2 nitrogen and oxygen atoms in total. The zero-order chi connectivity index (χ0) is 44.3. The Morgan fingerprint density at radius 2 is 0.909 bits per heavy atom. The standard InChI is InChI=1S/C64H48N2/c1-63(2)54-22-10-8-20-51(54)62-56(63)24-14-26-59(62)65(46-33-27-42(28-34-46)41-15-6-5-7-16-41)47-35-29-43(30-36-47)44-31-37-48(38-32-44)66-58-25-11-9-19-49(58)53-39-52-50-21-12-17-45-18-13-23-55(61(45)50)64(3,4)57(52)40-60(53)66/h5-40H,1-4H3. The Labute approximate surface area is 386 Å². The van der Waals surface area contributed by atoms with Gasteiger partial charge in [-0.05, 0) is 133 Å². The summed E-state index contributed by atoms with van der Waals surface area (Å²) in [5.41, 5.74) is 22.4. The van der Waals surface area contributed by atoms with Crippen LogP contribution >= 0.6 is 0 Å². The van der Waals surface area contributed by atoms with Crippen molar-refractivity contribution in [1.29, 1.82) is 0 Å². The molecule has 11 aromatic rings. The number of para-hydroxylation sites is 1. The molecule has 1 heterocycles. The van der Waals surface area contributed by atoms with E-state index in [1.165, 1.54) is 105 Å². The third kappa shape index (κ3) is 5.61. The van der Waals surface area contributed by atoms with Gasteiger partial charge in [0.2, 0.25) is 0 Å². The predicted octanol–water partition coefficient (Wildman–Crippen LogP) is 17.4. The average Bonchev–Trinajstić information content (AvgIpc) is 3.81. The Kier molecular flexibility index (Phi) is 8.33. The van der Waals surface area contributed by atoms with Gasteiger partial charge in [0, 0.05) is 44.2 Å². The van der Waals surface area contributed by atoms with Crippen molar-refractivity contribution < 1.29 is 0 Å². The maximum absolute atomic E-state index is 2.48. The highest BCUT2D eigenvalue weighted by atomic mass is 15.1. The van der Waals surface area contributed by atoms with E-state index in [0.717, 1.165) is 17.1 Å². The van der Waals surface area contributed by atoms with Gasteiger partial charge in [0.05, 0.1) is 16.7 Å². The minimum Gasteiger partial charge on any atom is -0.310 e. The Bertz CT molecular complexity index is 3710. The lowest BCUT2D eigenvalue weighted by Crippen LogP contribution is -2.23. The summed E-state index contributed by atoms with van der Waals surface area (Å²) in [4.78, 5) is 2.44. The molecule has 0 amide bonds. The van der Waals surface area contributed by atoms with Crippen molar-refractivity contribution in [3.05, 3.63) is 241 Å². The molecular weight excluding hydrogens is 797 g/mol. The first-order valence-corrected chi connectivity index (χ1v) is 23.3. The highest BCUT2D eigenvalue weighted by Gasteiger charge is 2.38. The van der Waals surface area contributed by atoms with Crippen LogP contribution in [0, 0.1) is 0 Å². The van der Waals surface area contributed by atoms with Crippen LogP contribution < -0.4 is 4.90 Å². The molecule has 0 atom stereocenters. The first kappa shape index (κ1) is 38.5. The van der Waals surface area contributed by atoms with E-state index in [4.69, 9.17) is 0 Å². The van der Waals surface area contributed by atoms with Gasteiger partial charge >= 0.3 is 0 Å². The molecule has 0 fully saturated rings. The molecule has 314 valence electrons. The Hall–Kier alpha value is -7.94. The summed E-state index contributed by atoms with van der Waals surface area (Å²) in [6, 6.07) is 81.2. The van der Waals surface area contributed by atoms with Gasteiger partial charge in [-0.3, -0.25) is 0 Å². The Morgan fingerprint density at radius 3 is 1.64 bits per heavy atom. The number of benzene rings is 10. The molecule has 0 spiro atoms. The maximum atomic E-state index is 2.48. The second-order valence-corrected chi connectivity index (χ2v) is 19.3. The first-order valence-electron chi connectivity index (χ1n) is 23.3. The van der Waals surface area contributed by atoms with Crippen molar-refractivity contribution in [1.82, 2.24) is 4.57 Å². The zero-order valence-corrected chi connectivity index (χ0v) is 37.7. The van der Waals surface area contributed by atoms with Gasteiger partial charge in [-0.2, -0.15) is 0 Å². The molecule has 2 aliphatic carbocycles. The highest BCUT2D eigenvalue weighted by molar-refractivity contribution is 6.13. The van der Waals surface area contributed by atoms with E-state index in [2.05, 4.69) is 256 Å². The van der Waals surface area contributed by atoms with Crippen molar-refractivity contribution in [3.63, 3.8) is 0 Å². The largest absolute Gasteiger partial charge is 0.310 e. The number of fused-ring (bicyclic) bond motifs is 8. The van der Waals surface area contributed by atoms with Crippen molar-refractivity contribution in [2.24, 2.45) is 0 Å². The van der Waals surface area contributed by atoms with Crippen molar-refractivity contribution >= 4 is 49.6 Å². The van der Waals surface area contributed by atoms with Crippen LogP contribution in [0.25, 0.3) is 82.8 Å². The van der Waals surface area contributed by atoms with Crippen LogP contribution in [-0.2, 0) is 10.8 Å². The maximum Gasteiger partial charge on any atom is 0.0544 e. The summed E-state index contributed by atoms with van der Waals surface area (Å²) in [6.07, 6.45) is 0. The van der Waals surface area contributed by atoms with E-state index in [9.17, 15) is 0 Å². The van der Waals surface area contributed by atoms with Gasteiger partial charge in [0.15, 0.2) is 0 Å². The summed E-state index contributed by atoms with van der Waals surface area (Å²) in [5.74, 6) is 0. The summed E-state index contributed by atoms with van der Waals surface area (Å²) in [5, 5.41) is 5.25. The topological polar surface area (TPSA) is 8.17 Å². The second kappa shape index (κ2) is 14.3. The smallest absolute Gasteiger partial charge is 0.0544 e. The van der Waals surface area contributed by atoms with Gasteiger partial charge in [0.1, 0.15) is 0 Å². The van der Waals surface area contributed by atoms with Gasteiger partial charge in [-0.1, -0.05) is 185 Å². The highest BCUT2D eigenvalue weighted by Crippen LogP contribution is 2.55. The molecule has 2 heteroatoms. The van der Waals surface area contributed by atoms with Gasteiger partial charge in [-0.25, -0.2) is 0 Å². The first-order chi connectivity index (χ1) is 32.3. The van der Waals surface area contributed by atoms with E-state index in [-0.39, 0.29) is 10.8 Å². The molecule has 13 rings (SSSR count). The minimum atomic E-state index is -0.155. The van der Waals surface area contributed by atoms with Crippen LogP contribution in [0.1, 0.15) is 49.9 Å². The van der Waals surface area contributed by atoms with E-state index < -0.39 is 0 Å². The minimum absolute atomic E-state index is 0.0998. The lowest BCUT2D eigenvalue weighted by Gasteiger charge is -2.35. The second-order valence-electron chi connectivity index (χ2n) is 19.3. The number of hydrogen-bond donors (Lipinski definition) is 0. The number of rotatable bonds is 6. The van der Waals surface area contributed by atoms with Gasteiger partial charge in [0.25, 0.3) is 0 Å². The third-order valence-corrected chi connectivity index (χ3v) is 15.0. The molecule has 0 radical (unpaired) electrons. The normalized spacial score (nSPS) is 14.0. The molecule has 0 aliphatic heterocycles. The molecule has 0 bridgehead atoms. The van der Waals surface area contributed by atoms with Crippen LogP contribution in [0.5, 0.6) is 0 Å². The van der Waals surface area contributed by atoms with Crippen LogP contribution in [0.3, 0.4) is 0 Å². The lowest BCUT2D eigenvalue weighted by atomic mass is 9.68. The predicted molar refractivity (Wildman–Crippen MR) is 279 cm³/mol. The number of hydrogen-bond acceptors (Lipinski definition) is 1. The fraction of sp³-hybridized carbons (Fsp3) is 0.0938. The van der Waals surface area contributed by atoms with Gasteiger partial charge < -0.3 is 9.47 Å². The van der Waals surface area contributed by atoms with E-state index in [0.29, 0.717) is 0 Å². The van der Waals surface area contributed by atoms with Crippen molar-refractivity contribution in [2.45, 2.75) is 38.5 Å². The molecule has 10 aromatic carbocycles. The number of nitrogens with zero attached hydrogens (tertiary/aromatic N) is 2. The summed E-state index contributed by atoms with van der Waals surface area (Å²) in [6.45, 7) is 9.49. The average molecular weight is 845 g/mol. The van der Waals surface area contributed by atoms with E-state index in [1.807, 2.05) is 0 Å². The summed E-state index contributed by atoms with van der Waals surface area (Å²) in [7, 11) is 0. The Balaban J connectivity index is 0.899. The number of anilines is 3. The monoisotopic (exact) mass is 844 g/mol. The van der Waals surface area contributed by atoms with E-state index >= 15 is 0 Å². The fourth-order valence-corrected chi connectivity index (χ4v) is 11.7. The lowest BCUT2D eigenvalue weighted by molar-refractivity contribution is 0.646. The molecule has 66 heavy (non-hydrogen) atoms. The SMILES string of the molecule is CC1(C)c2ccccc2-c2c(N(c3ccc(-c4ccccc4)cc3)c3ccc(-c4ccc(-n5c6ccccc6c6cc7c(cc65)C(C)(C)c5cccc6cccc-7c56)cc4)cc3)cccc21. The molecule has 2 aliphatic rings. The van der Waals surface area contributed by atoms with Crippen molar-refractivity contribution in [2.75, 3.05) is 4.90 Å². The quantitative estimate of drug-likeness (QED) is 0.162. The molecule has 0 unspecified atom stereocenters. The summed E-state index contributed by atoms with van der Waals surface area (Å²) >= 11 is 0. The van der Waals surface area contributed by atoms with Crippen LogP contribution in [-0.4, -0.2) is 4.57 Å². The van der Waals surface area contributed by atoms with Crippen LogP contribution in [0.4, 0.5) is 17.1 Å². The van der Waals surface area contributed by atoms with Crippen LogP contribution in [0.15, 0.2) is 218 Å². The molecule has 1 aromatic heterocycles. The zero-order valence-electron chi connectivity index (χ0n) is 37.7.